The van der Waals surface area contributed by atoms with Gasteiger partial charge in [0.25, 0.3) is 0 Å². The topological polar surface area (TPSA) is 35.5 Å². The number of nitrogens with zero attached hydrogens (tertiary/aromatic N) is 5. The third kappa shape index (κ3) is 3.68. The van der Waals surface area contributed by atoms with Crippen molar-refractivity contribution in [2.24, 2.45) is 0 Å². The lowest BCUT2D eigenvalue weighted by atomic mass is 10.1. The van der Waals surface area contributed by atoms with Gasteiger partial charge in [-0.25, -0.2) is 9.97 Å². The number of hydrogen-bond donors (Lipinski definition) is 0. The Morgan fingerprint density at radius 3 is 2.38 bits per heavy atom. The van der Waals surface area contributed by atoms with Gasteiger partial charge >= 0.3 is 0 Å². The largest absolute Gasteiger partial charge is 0.369 e. The molecule has 0 atom stereocenters. The van der Waals surface area contributed by atoms with Crippen LogP contribution in [0.25, 0.3) is 10.9 Å². The van der Waals surface area contributed by atoms with Crippen molar-refractivity contribution in [2.45, 2.75) is 19.3 Å². The van der Waals surface area contributed by atoms with Crippen molar-refractivity contribution in [1.82, 2.24) is 19.8 Å². The van der Waals surface area contributed by atoms with Gasteiger partial charge in [0.2, 0.25) is 0 Å². The molecule has 0 radical (unpaired) electrons. The van der Waals surface area contributed by atoms with Crippen molar-refractivity contribution in [3.8, 4) is 0 Å². The van der Waals surface area contributed by atoms with Crippen LogP contribution in [0, 0.1) is 0 Å². The van der Waals surface area contributed by atoms with Crippen LogP contribution in [0.2, 0.25) is 0 Å². The summed E-state index contributed by atoms with van der Waals surface area (Å²) >= 11 is 0. The molecule has 5 nitrogen and oxygen atoms in total. The monoisotopic (exact) mass is 325 g/mol. The molecule has 0 amide bonds. The predicted octanol–water partition coefficient (Wildman–Crippen LogP) is 2.24. The minimum atomic E-state index is 1.02. The summed E-state index contributed by atoms with van der Waals surface area (Å²) in [4.78, 5) is 16.2. The van der Waals surface area contributed by atoms with E-state index in [4.69, 9.17) is 0 Å². The summed E-state index contributed by atoms with van der Waals surface area (Å²) in [5.74, 6) is 0. The zero-order valence-electron chi connectivity index (χ0n) is 14.4. The van der Waals surface area contributed by atoms with E-state index in [9.17, 15) is 0 Å². The van der Waals surface area contributed by atoms with Crippen LogP contribution in [0.3, 0.4) is 0 Å². The molecule has 2 aromatic rings. The Kier molecular flexibility index (Phi) is 4.90. The molecule has 2 aliphatic heterocycles. The first-order chi connectivity index (χ1) is 11.9. The van der Waals surface area contributed by atoms with Crippen molar-refractivity contribution in [1.29, 1.82) is 0 Å². The lowest BCUT2D eigenvalue weighted by Gasteiger charge is -2.37. The number of anilines is 1. The molecule has 24 heavy (non-hydrogen) atoms. The second-order valence-corrected chi connectivity index (χ2v) is 7.00. The van der Waals surface area contributed by atoms with E-state index in [0.717, 1.165) is 37.1 Å². The summed E-state index contributed by atoms with van der Waals surface area (Å²) in [5.41, 5.74) is 2.32. The number of benzene rings is 1. The van der Waals surface area contributed by atoms with Gasteiger partial charge in [-0.2, -0.15) is 0 Å². The Hall–Kier alpha value is -1.72. The molecule has 4 rings (SSSR count). The molecular weight excluding hydrogens is 298 g/mol. The van der Waals surface area contributed by atoms with Crippen LogP contribution < -0.4 is 4.90 Å². The molecule has 0 N–H and O–H groups in total. The first kappa shape index (κ1) is 15.8. The maximum atomic E-state index is 4.31. The molecular formula is C19H27N5. The third-order valence-electron chi connectivity index (χ3n) is 5.41. The number of piperidine rings is 1. The maximum Gasteiger partial charge on any atom is 0.116 e. The minimum Gasteiger partial charge on any atom is -0.369 e. The van der Waals surface area contributed by atoms with Gasteiger partial charge in [0.15, 0.2) is 0 Å². The van der Waals surface area contributed by atoms with Crippen molar-refractivity contribution < 1.29 is 0 Å². The van der Waals surface area contributed by atoms with Gasteiger partial charge in [-0.15, -0.1) is 0 Å². The van der Waals surface area contributed by atoms with Gasteiger partial charge in [-0.3, -0.25) is 4.90 Å². The molecule has 0 saturated carbocycles. The highest BCUT2D eigenvalue weighted by molar-refractivity contribution is 5.81. The van der Waals surface area contributed by atoms with E-state index < -0.39 is 0 Å². The van der Waals surface area contributed by atoms with E-state index in [1.807, 2.05) is 6.20 Å². The van der Waals surface area contributed by atoms with Crippen LogP contribution in [-0.4, -0.2) is 72.1 Å². The SMILES string of the molecule is c1ncc2cc(N3CCN(CCN4CCCCC4)CC3)ccc2n1. The summed E-state index contributed by atoms with van der Waals surface area (Å²) in [6.45, 7) is 9.62. The second-order valence-electron chi connectivity index (χ2n) is 7.00. The molecule has 128 valence electrons. The smallest absolute Gasteiger partial charge is 0.116 e. The van der Waals surface area contributed by atoms with Gasteiger partial charge in [0.05, 0.1) is 5.52 Å². The fraction of sp³-hybridized carbons (Fsp3) is 0.579. The Morgan fingerprint density at radius 2 is 1.58 bits per heavy atom. The predicted molar refractivity (Wildman–Crippen MR) is 98.5 cm³/mol. The highest BCUT2D eigenvalue weighted by atomic mass is 15.3. The van der Waals surface area contributed by atoms with Crippen molar-refractivity contribution >= 4 is 16.6 Å². The molecule has 2 fully saturated rings. The first-order valence-corrected chi connectivity index (χ1v) is 9.28. The van der Waals surface area contributed by atoms with Gasteiger partial charge in [-0.1, -0.05) is 6.42 Å². The van der Waals surface area contributed by atoms with Crippen LogP contribution in [0.4, 0.5) is 5.69 Å². The normalized spacial score (nSPS) is 20.6. The first-order valence-electron chi connectivity index (χ1n) is 9.28. The van der Waals surface area contributed by atoms with Crippen molar-refractivity contribution in [2.75, 3.05) is 57.3 Å². The quantitative estimate of drug-likeness (QED) is 0.861. The van der Waals surface area contributed by atoms with E-state index in [2.05, 4.69) is 42.9 Å². The fourth-order valence-corrected chi connectivity index (χ4v) is 3.86. The van der Waals surface area contributed by atoms with E-state index in [1.54, 1.807) is 6.33 Å². The van der Waals surface area contributed by atoms with Crippen LogP contribution in [-0.2, 0) is 0 Å². The van der Waals surface area contributed by atoms with Crippen LogP contribution in [0.1, 0.15) is 19.3 Å². The molecule has 0 spiro atoms. The molecule has 2 saturated heterocycles. The molecule has 2 aliphatic rings. The van der Waals surface area contributed by atoms with Gasteiger partial charge in [0, 0.05) is 56.5 Å². The Balaban J connectivity index is 1.30. The van der Waals surface area contributed by atoms with Crippen molar-refractivity contribution in [3.63, 3.8) is 0 Å². The fourth-order valence-electron chi connectivity index (χ4n) is 3.86. The number of likely N-dealkylation sites (tertiary alicyclic amines) is 1. The summed E-state index contributed by atoms with van der Waals surface area (Å²) < 4.78 is 0. The molecule has 0 bridgehead atoms. The highest BCUT2D eigenvalue weighted by Gasteiger charge is 2.18. The van der Waals surface area contributed by atoms with E-state index in [-0.39, 0.29) is 0 Å². The van der Waals surface area contributed by atoms with Gasteiger partial charge < -0.3 is 9.80 Å². The standard InChI is InChI=1S/C19H27N5/c1-2-6-22(7-3-1)8-9-23-10-12-24(13-11-23)18-4-5-19-17(14-18)15-20-16-21-19/h4-5,14-16H,1-3,6-13H2. The second kappa shape index (κ2) is 7.45. The third-order valence-corrected chi connectivity index (χ3v) is 5.41. The van der Waals surface area contributed by atoms with Crippen LogP contribution >= 0.6 is 0 Å². The molecule has 0 aliphatic carbocycles. The van der Waals surface area contributed by atoms with E-state index >= 15 is 0 Å². The lowest BCUT2D eigenvalue weighted by Crippen LogP contribution is -2.48. The van der Waals surface area contributed by atoms with Crippen LogP contribution in [0.5, 0.6) is 0 Å². The minimum absolute atomic E-state index is 1.02. The van der Waals surface area contributed by atoms with Gasteiger partial charge in [-0.05, 0) is 44.1 Å². The summed E-state index contributed by atoms with van der Waals surface area (Å²) in [5, 5.41) is 1.13. The molecule has 0 unspecified atom stereocenters. The summed E-state index contributed by atoms with van der Waals surface area (Å²) in [6, 6.07) is 6.52. The van der Waals surface area contributed by atoms with E-state index in [0.29, 0.717) is 0 Å². The average molecular weight is 325 g/mol. The molecule has 1 aromatic heterocycles. The van der Waals surface area contributed by atoms with Crippen molar-refractivity contribution in [3.05, 3.63) is 30.7 Å². The highest BCUT2D eigenvalue weighted by Crippen LogP contribution is 2.21. The molecule has 1 aromatic carbocycles. The number of fused-ring (bicyclic) bond motifs is 1. The van der Waals surface area contributed by atoms with Gasteiger partial charge in [0.1, 0.15) is 6.33 Å². The number of piperazine rings is 1. The maximum absolute atomic E-state index is 4.31. The zero-order chi connectivity index (χ0) is 16.2. The summed E-state index contributed by atoms with van der Waals surface area (Å²) in [7, 11) is 0. The number of aromatic nitrogens is 2. The Labute approximate surface area is 144 Å². The Morgan fingerprint density at radius 1 is 0.833 bits per heavy atom. The number of hydrogen-bond acceptors (Lipinski definition) is 5. The zero-order valence-corrected chi connectivity index (χ0v) is 14.4. The Bertz CT molecular complexity index is 660. The molecule has 5 heteroatoms. The van der Waals surface area contributed by atoms with Crippen LogP contribution in [0.15, 0.2) is 30.7 Å². The van der Waals surface area contributed by atoms with E-state index in [1.165, 1.54) is 51.1 Å². The average Bonchev–Trinajstić information content (AvgIpc) is 2.67. The molecule has 3 heterocycles. The lowest BCUT2D eigenvalue weighted by molar-refractivity contribution is 0.177. The summed E-state index contributed by atoms with van der Waals surface area (Å²) in [6.07, 6.45) is 7.72. The number of rotatable bonds is 4.